The van der Waals surface area contributed by atoms with Crippen LogP contribution in [0.15, 0.2) is 42.7 Å². The number of nitrogens with zero attached hydrogens (tertiary/aromatic N) is 3. The molecule has 9 nitrogen and oxygen atoms in total. The average molecular weight is 392 g/mol. The summed E-state index contributed by atoms with van der Waals surface area (Å²) in [7, 11) is 0. The smallest absolute Gasteiger partial charge is 0.271 e. The molecule has 9 heteroatoms. The zero-order valence-corrected chi connectivity index (χ0v) is 15.2. The first-order valence-electron chi connectivity index (χ1n) is 9.29. The molecule has 0 aromatic carbocycles. The molecule has 29 heavy (non-hydrogen) atoms. The summed E-state index contributed by atoms with van der Waals surface area (Å²) in [4.78, 5) is 13.1. The molecule has 0 aliphatic carbocycles. The third kappa shape index (κ3) is 2.82. The van der Waals surface area contributed by atoms with Crippen LogP contribution in [-0.2, 0) is 0 Å². The summed E-state index contributed by atoms with van der Waals surface area (Å²) >= 11 is 0. The predicted molar refractivity (Wildman–Crippen MR) is 99.6 cm³/mol. The van der Waals surface area contributed by atoms with Gasteiger partial charge in [0.05, 0.1) is 16.9 Å². The maximum absolute atomic E-state index is 5.93. The van der Waals surface area contributed by atoms with Gasteiger partial charge < -0.3 is 29.0 Å². The second kappa shape index (κ2) is 6.40. The molecule has 0 saturated carbocycles. The minimum atomic E-state index is -0.625. The molecule has 3 aromatic heterocycles. The van der Waals surface area contributed by atoms with Gasteiger partial charge in [-0.25, -0.2) is 15.0 Å². The van der Waals surface area contributed by atoms with Gasteiger partial charge in [0.25, 0.3) is 18.1 Å². The van der Waals surface area contributed by atoms with Crippen molar-refractivity contribution in [2.75, 3.05) is 25.1 Å². The van der Waals surface area contributed by atoms with Crippen LogP contribution in [-0.4, -0.2) is 34.7 Å². The van der Waals surface area contributed by atoms with E-state index < -0.39 is 6.29 Å². The maximum Gasteiger partial charge on any atom is 0.271 e. The number of pyridine rings is 3. The number of hydrogen-bond acceptors (Lipinski definition) is 9. The first-order valence-corrected chi connectivity index (χ1v) is 9.29. The SMILES string of the molecule is c1cnc2c(c1)OCC(c1ccc3c(n1)OC(c1cnc4c(c1)NCCO4)O3)O2. The lowest BCUT2D eigenvalue weighted by molar-refractivity contribution is 0.0454. The van der Waals surface area contributed by atoms with Crippen molar-refractivity contribution in [1.82, 2.24) is 15.0 Å². The molecule has 0 fully saturated rings. The highest BCUT2D eigenvalue weighted by Gasteiger charge is 2.31. The van der Waals surface area contributed by atoms with Gasteiger partial charge in [-0.1, -0.05) is 0 Å². The Hall–Kier alpha value is -3.75. The molecule has 0 bridgehead atoms. The average Bonchev–Trinajstić information content (AvgIpc) is 3.22. The Morgan fingerprint density at radius 1 is 0.931 bits per heavy atom. The second-order valence-electron chi connectivity index (χ2n) is 6.73. The summed E-state index contributed by atoms with van der Waals surface area (Å²) in [6, 6.07) is 9.20. The summed E-state index contributed by atoms with van der Waals surface area (Å²) in [5.41, 5.74) is 2.28. The van der Waals surface area contributed by atoms with E-state index in [2.05, 4.69) is 20.3 Å². The van der Waals surface area contributed by atoms with Crippen LogP contribution in [0.1, 0.15) is 23.7 Å². The first-order chi connectivity index (χ1) is 14.3. The zero-order valence-electron chi connectivity index (χ0n) is 15.2. The second-order valence-corrected chi connectivity index (χ2v) is 6.73. The van der Waals surface area contributed by atoms with Crippen LogP contribution in [0.25, 0.3) is 0 Å². The molecule has 6 rings (SSSR count). The van der Waals surface area contributed by atoms with E-state index in [1.54, 1.807) is 18.5 Å². The van der Waals surface area contributed by atoms with Crippen molar-refractivity contribution in [1.29, 1.82) is 0 Å². The van der Waals surface area contributed by atoms with Crippen LogP contribution >= 0.6 is 0 Å². The van der Waals surface area contributed by atoms with Crippen molar-refractivity contribution in [3.05, 3.63) is 54.0 Å². The van der Waals surface area contributed by atoms with Gasteiger partial charge >= 0.3 is 0 Å². The van der Waals surface area contributed by atoms with E-state index in [1.165, 1.54) is 0 Å². The Bertz CT molecular complexity index is 1090. The van der Waals surface area contributed by atoms with Gasteiger partial charge in [-0.2, -0.15) is 0 Å². The van der Waals surface area contributed by atoms with Crippen LogP contribution in [0.3, 0.4) is 0 Å². The lowest BCUT2D eigenvalue weighted by atomic mass is 10.2. The Balaban J connectivity index is 1.23. The van der Waals surface area contributed by atoms with E-state index in [0.29, 0.717) is 48.0 Å². The molecule has 0 spiro atoms. The Morgan fingerprint density at radius 3 is 2.93 bits per heavy atom. The third-order valence-electron chi connectivity index (χ3n) is 4.81. The molecular formula is C20H16N4O5. The lowest BCUT2D eigenvalue weighted by Gasteiger charge is -2.24. The fourth-order valence-corrected chi connectivity index (χ4v) is 3.40. The molecule has 146 valence electrons. The Morgan fingerprint density at radius 2 is 1.93 bits per heavy atom. The van der Waals surface area contributed by atoms with Gasteiger partial charge in [0.2, 0.25) is 5.88 Å². The molecule has 2 atom stereocenters. The number of hydrogen-bond donors (Lipinski definition) is 1. The van der Waals surface area contributed by atoms with Gasteiger partial charge in [0, 0.05) is 18.9 Å². The molecule has 0 radical (unpaired) electrons. The van der Waals surface area contributed by atoms with Crippen LogP contribution < -0.4 is 29.0 Å². The van der Waals surface area contributed by atoms with E-state index in [4.69, 9.17) is 23.7 Å². The molecule has 3 aliphatic heterocycles. The van der Waals surface area contributed by atoms with Crippen molar-refractivity contribution in [3.8, 4) is 29.1 Å². The third-order valence-corrected chi connectivity index (χ3v) is 4.81. The van der Waals surface area contributed by atoms with Crippen LogP contribution in [0.2, 0.25) is 0 Å². The molecule has 1 N–H and O–H groups in total. The van der Waals surface area contributed by atoms with Gasteiger partial charge in [-0.15, -0.1) is 0 Å². The van der Waals surface area contributed by atoms with Crippen LogP contribution in [0.5, 0.6) is 29.1 Å². The fourth-order valence-electron chi connectivity index (χ4n) is 3.40. The van der Waals surface area contributed by atoms with E-state index in [1.807, 2.05) is 24.3 Å². The summed E-state index contributed by atoms with van der Waals surface area (Å²) in [5.74, 6) is 2.64. The molecule has 0 amide bonds. The van der Waals surface area contributed by atoms with Gasteiger partial charge in [-0.05, 0) is 30.3 Å². The van der Waals surface area contributed by atoms with E-state index in [0.717, 1.165) is 17.8 Å². The number of fused-ring (bicyclic) bond motifs is 3. The summed E-state index contributed by atoms with van der Waals surface area (Å²) < 4.78 is 29.0. The lowest BCUT2D eigenvalue weighted by Crippen LogP contribution is -2.23. The quantitative estimate of drug-likeness (QED) is 0.706. The van der Waals surface area contributed by atoms with E-state index >= 15 is 0 Å². The summed E-state index contributed by atoms with van der Waals surface area (Å²) in [6.45, 7) is 1.67. The topological polar surface area (TPSA) is 96.9 Å². The number of anilines is 1. The van der Waals surface area contributed by atoms with Crippen molar-refractivity contribution >= 4 is 5.69 Å². The van der Waals surface area contributed by atoms with Crippen molar-refractivity contribution < 1.29 is 23.7 Å². The normalized spacial score (nSPS) is 21.0. The highest BCUT2D eigenvalue weighted by atomic mass is 16.7. The number of nitrogens with one attached hydrogen (secondary N) is 1. The first kappa shape index (κ1) is 16.2. The minimum absolute atomic E-state index is 0.342. The van der Waals surface area contributed by atoms with E-state index in [-0.39, 0.29) is 6.10 Å². The van der Waals surface area contributed by atoms with Gasteiger partial charge in [-0.3, -0.25) is 0 Å². The highest BCUT2D eigenvalue weighted by Crippen LogP contribution is 2.42. The number of ether oxygens (including phenoxy) is 5. The van der Waals surface area contributed by atoms with Crippen molar-refractivity contribution in [2.24, 2.45) is 0 Å². The van der Waals surface area contributed by atoms with Crippen LogP contribution in [0.4, 0.5) is 5.69 Å². The Kier molecular flexibility index (Phi) is 3.58. The molecule has 2 unspecified atom stereocenters. The Labute approximate surface area is 165 Å². The number of aromatic nitrogens is 3. The fraction of sp³-hybridized carbons (Fsp3) is 0.250. The van der Waals surface area contributed by atoms with Gasteiger partial charge in [0.1, 0.15) is 13.2 Å². The number of rotatable bonds is 2. The van der Waals surface area contributed by atoms with Crippen molar-refractivity contribution in [3.63, 3.8) is 0 Å². The van der Waals surface area contributed by atoms with Gasteiger partial charge in [0.15, 0.2) is 17.6 Å². The molecule has 3 aromatic rings. The largest absolute Gasteiger partial charge is 0.484 e. The van der Waals surface area contributed by atoms with Crippen molar-refractivity contribution in [2.45, 2.75) is 12.4 Å². The zero-order chi connectivity index (χ0) is 19.2. The van der Waals surface area contributed by atoms with E-state index in [9.17, 15) is 0 Å². The molecular weight excluding hydrogens is 376 g/mol. The summed E-state index contributed by atoms with van der Waals surface area (Å²) in [6.07, 6.45) is 2.34. The monoisotopic (exact) mass is 392 g/mol. The molecule has 6 heterocycles. The standard InChI is InChI=1S/C20H16N4O5/c1-2-14-18(22-5-1)27-16(10-26-14)12-3-4-15-19(24-12)29-20(28-15)11-8-13-17(23-9-11)25-7-6-21-13/h1-5,8-9,16,20-21H,6-7,10H2. The highest BCUT2D eigenvalue weighted by molar-refractivity contribution is 5.55. The van der Waals surface area contributed by atoms with Crippen LogP contribution in [0, 0.1) is 0 Å². The predicted octanol–water partition coefficient (Wildman–Crippen LogP) is 2.66. The molecule has 0 saturated heterocycles. The molecule has 3 aliphatic rings. The summed E-state index contributed by atoms with van der Waals surface area (Å²) in [5, 5.41) is 3.26. The maximum atomic E-state index is 5.93. The minimum Gasteiger partial charge on any atom is -0.484 e.